The van der Waals surface area contributed by atoms with Crippen molar-refractivity contribution in [2.75, 3.05) is 25.6 Å². The zero-order valence-corrected chi connectivity index (χ0v) is 14.4. The van der Waals surface area contributed by atoms with Crippen LogP contribution in [0, 0.1) is 0 Å². The molecule has 3 N–H and O–H groups in total. The van der Waals surface area contributed by atoms with Crippen molar-refractivity contribution in [2.45, 2.75) is 12.5 Å². The van der Waals surface area contributed by atoms with Crippen molar-refractivity contribution in [2.24, 2.45) is 5.73 Å². The number of hydrogen-bond donors (Lipinski definition) is 2. The first kappa shape index (κ1) is 20.0. The van der Waals surface area contributed by atoms with E-state index in [2.05, 4.69) is 5.32 Å². The molecule has 0 spiro atoms. The molecule has 6 heteroatoms. The lowest BCUT2D eigenvalue weighted by Crippen LogP contribution is -2.37. The molecule has 2 aromatic carbocycles. The standard InChI is InChI=1S/C18H22N2O3.ClH/c1-22-10-11-23-16-9-5-8-15(13-16)20-18(21)17(19)12-14-6-3-2-4-7-14;/h2-9,13,17H,10-12,19H2,1H3,(H,20,21);1H/t17-;/m0./s1. The van der Waals surface area contributed by atoms with Crippen LogP contribution in [0.5, 0.6) is 5.75 Å². The first-order valence-corrected chi connectivity index (χ1v) is 7.51. The highest BCUT2D eigenvalue weighted by atomic mass is 35.5. The predicted molar refractivity (Wildman–Crippen MR) is 97.8 cm³/mol. The second-order valence-electron chi connectivity index (χ2n) is 5.15. The number of amides is 1. The van der Waals surface area contributed by atoms with Crippen molar-refractivity contribution in [3.05, 3.63) is 60.2 Å². The zero-order chi connectivity index (χ0) is 16.5. The maximum absolute atomic E-state index is 12.2. The number of ether oxygens (including phenoxy) is 2. The normalized spacial score (nSPS) is 11.2. The summed E-state index contributed by atoms with van der Waals surface area (Å²) in [7, 11) is 1.62. The van der Waals surface area contributed by atoms with Crippen molar-refractivity contribution in [3.63, 3.8) is 0 Å². The molecular formula is C18H23ClN2O3. The number of carbonyl (C=O) groups is 1. The Hall–Kier alpha value is -2.08. The van der Waals surface area contributed by atoms with Gasteiger partial charge in [-0.05, 0) is 24.1 Å². The van der Waals surface area contributed by atoms with E-state index in [1.807, 2.05) is 42.5 Å². The molecule has 0 aliphatic heterocycles. The van der Waals surface area contributed by atoms with E-state index in [9.17, 15) is 4.79 Å². The summed E-state index contributed by atoms with van der Waals surface area (Å²) in [6.07, 6.45) is 0.497. The minimum Gasteiger partial charge on any atom is -0.491 e. The lowest BCUT2D eigenvalue weighted by atomic mass is 10.1. The van der Waals surface area contributed by atoms with Gasteiger partial charge in [-0.1, -0.05) is 36.4 Å². The lowest BCUT2D eigenvalue weighted by molar-refractivity contribution is -0.117. The fourth-order valence-electron chi connectivity index (χ4n) is 2.10. The third-order valence-corrected chi connectivity index (χ3v) is 3.29. The molecule has 0 heterocycles. The number of benzene rings is 2. The summed E-state index contributed by atoms with van der Waals surface area (Å²) >= 11 is 0. The average molecular weight is 351 g/mol. The molecule has 0 fully saturated rings. The fraction of sp³-hybridized carbons (Fsp3) is 0.278. The molecule has 1 atom stereocenters. The Morgan fingerprint density at radius 3 is 2.58 bits per heavy atom. The van der Waals surface area contributed by atoms with E-state index in [4.69, 9.17) is 15.2 Å². The molecule has 130 valence electrons. The second kappa shape index (κ2) is 10.6. The van der Waals surface area contributed by atoms with Crippen molar-refractivity contribution in [1.82, 2.24) is 0 Å². The van der Waals surface area contributed by atoms with Gasteiger partial charge in [-0.25, -0.2) is 0 Å². The molecule has 1 amide bonds. The number of hydrogen-bond acceptors (Lipinski definition) is 4. The molecule has 0 aliphatic carbocycles. The van der Waals surface area contributed by atoms with Gasteiger partial charge in [-0.2, -0.15) is 0 Å². The van der Waals surface area contributed by atoms with Crippen molar-refractivity contribution >= 4 is 24.0 Å². The van der Waals surface area contributed by atoms with Gasteiger partial charge in [0.05, 0.1) is 12.6 Å². The molecule has 0 radical (unpaired) electrons. The molecule has 2 aromatic rings. The van der Waals surface area contributed by atoms with Gasteiger partial charge >= 0.3 is 0 Å². The number of nitrogens with one attached hydrogen (secondary N) is 1. The Labute approximate surface area is 148 Å². The van der Waals surface area contributed by atoms with E-state index in [0.717, 1.165) is 5.56 Å². The number of methoxy groups -OCH3 is 1. The highest BCUT2D eigenvalue weighted by molar-refractivity contribution is 5.95. The number of halogens is 1. The van der Waals surface area contributed by atoms with E-state index in [1.165, 1.54) is 0 Å². The number of rotatable bonds is 8. The minimum absolute atomic E-state index is 0. The Balaban J connectivity index is 0.00000288. The van der Waals surface area contributed by atoms with Crippen LogP contribution >= 0.6 is 12.4 Å². The Bertz CT molecular complexity index is 623. The third-order valence-electron chi connectivity index (χ3n) is 3.29. The fourth-order valence-corrected chi connectivity index (χ4v) is 2.10. The summed E-state index contributed by atoms with van der Waals surface area (Å²) < 4.78 is 10.5. The monoisotopic (exact) mass is 350 g/mol. The largest absolute Gasteiger partial charge is 0.491 e. The first-order valence-electron chi connectivity index (χ1n) is 7.51. The van der Waals surface area contributed by atoms with Crippen LogP contribution in [0.1, 0.15) is 5.56 Å². The topological polar surface area (TPSA) is 73.6 Å². The van der Waals surface area contributed by atoms with E-state index in [-0.39, 0.29) is 18.3 Å². The minimum atomic E-state index is -0.601. The molecular weight excluding hydrogens is 328 g/mol. The molecule has 24 heavy (non-hydrogen) atoms. The summed E-state index contributed by atoms with van der Waals surface area (Å²) in [5.41, 5.74) is 7.67. The van der Waals surface area contributed by atoms with E-state index in [1.54, 1.807) is 19.2 Å². The predicted octanol–water partition coefficient (Wildman–Crippen LogP) is 2.64. The van der Waals surface area contributed by atoms with Crippen molar-refractivity contribution in [3.8, 4) is 5.75 Å². The van der Waals surface area contributed by atoms with Crippen molar-refractivity contribution in [1.29, 1.82) is 0 Å². The summed E-state index contributed by atoms with van der Waals surface area (Å²) in [5, 5.41) is 2.82. The van der Waals surface area contributed by atoms with Crippen molar-refractivity contribution < 1.29 is 14.3 Å². The van der Waals surface area contributed by atoms with Gasteiger partial charge in [0.1, 0.15) is 12.4 Å². The maximum Gasteiger partial charge on any atom is 0.241 e. The Morgan fingerprint density at radius 1 is 1.12 bits per heavy atom. The van der Waals surface area contributed by atoms with Gasteiger partial charge in [-0.15, -0.1) is 12.4 Å². The molecule has 0 aliphatic rings. The van der Waals surface area contributed by atoms with E-state index >= 15 is 0 Å². The summed E-state index contributed by atoms with van der Waals surface area (Å²) in [4.78, 5) is 12.2. The van der Waals surface area contributed by atoms with Gasteiger partial charge in [-0.3, -0.25) is 4.79 Å². The molecule has 5 nitrogen and oxygen atoms in total. The van der Waals surface area contributed by atoms with Crippen LogP contribution in [-0.4, -0.2) is 32.3 Å². The molecule has 0 saturated heterocycles. The highest BCUT2D eigenvalue weighted by Crippen LogP contribution is 2.17. The van der Waals surface area contributed by atoms with Crippen LogP contribution in [0.4, 0.5) is 5.69 Å². The molecule has 0 unspecified atom stereocenters. The number of carbonyl (C=O) groups excluding carboxylic acids is 1. The highest BCUT2D eigenvalue weighted by Gasteiger charge is 2.14. The van der Waals surface area contributed by atoms with E-state index in [0.29, 0.717) is 31.1 Å². The third kappa shape index (κ3) is 6.58. The number of nitrogens with two attached hydrogens (primary N) is 1. The number of anilines is 1. The van der Waals surface area contributed by atoms with Gasteiger partial charge in [0.2, 0.25) is 5.91 Å². The van der Waals surface area contributed by atoms with Gasteiger partial charge in [0.25, 0.3) is 0 Å². The maximum atomic E-state index is 12.2. The first-order chi connectivity index (χ1) is 11.2. The van der Waals surface area contributed by atoms with Crippen LogP contribution in [0.3, 0.4) is 0 Å². The van der Waals surface area contributed by atoms with Crippen LogP contribution in [-0.2, 0) is 16.0 Å². The summed E-state index contributed by atoms with van der Waals surface area (Å²) in [5.74, 6) is 0.458. The molecule has 0 saturated carbocycles. The molecule has 0 aromatic heterocycles. The van der Waals surface area contributed by atoms with Gasteiger partial charge in [0, 0.05) is 18.9 Å². The van der Waals surface area contributed by atoms with Gasteiger partial charge in [0.15, 0.2) is 0 Å². The van der Waals surface area contributed by atoms with Gasteiger partial charge < -0.3 is 20.5 Å². The van der Waals surface area contributed by atoms with Crippen LogP contribution in [0.15, 0.2) is 54.6 Å². The quantitative estimate of drug-likeness (QED) is 0.718. The van der Waals surface area contributed by atoms with Crippen LogP contribution in [0.25, 0.3) is 0 Å². The van der Waals surface area contributed by atoms with Crippen LogP contribution in [0.2, 0.25) is 0 Å². The summed E-state index contributed by atoms with van der Waals surface area (Å²) in [6, 6.07) is 16.3. The van der Waals surface area contributed by atoms with Crippen LogP contribution < -0.4 is 15.8 Å². The van der Waals surface area contributed by atoms with E-state index < -0.39 is 6.04 Å². The smallest absolute Gasteiger partial charge is 0.241 e. The Morgan fingerprint density at radius 2 is 1.88 bits per heavy atom. The second-order valence-corrected chi connectivity index (χ2v) is 5.15. The average Bonchev–Trinajstić information content (AvgIpc) is 2.56. The molecule has 0 bridgehead atoms. The zero-order valence-electron chi connectivity index (χ0n) is 13.6. The lowest BCUT2D eigenvalue weighted by Gasteiger charge is -2.13. The SMILES string of the molecule is COCCOc1cccc(NC(=O)[C@@H](N)Cc2ccccc2)c1.Cl. The molecule has 2 rings (SSSR count). The summed E-state index contributed by atoms with van der Waals surface area (Å²) in [6.45, 7) is 0.972. The Kier molecular flexibility index (Phi) is 8.86.